The number of anilines is 1. The average Bonchev–Trinajstić information content (AvgIpc) is 2.96. The minimum absolute atomic E-state index is 0.111. The number of aromatic nitrogens is 1. The fourth-order valence-corrected chi connectivity index (χ4v) is 3.98. The third-order valence-corrected chi connectivity index (χ3v) is 5.41. The molecule has 1 N–H and O–H groups in total. The molecule has 1 aromatic carbocycles. The van der Waals surface area contributed by atoms with E-state index < -0.39 is 10.0 Å². The quantitative estimate of drug-likeness (QED) is 0.903. The maximum atomic E-state index is 12.6. The van der Waals surface area contributed by atoms with Crippen LogP contribution in [0.2, 0.25) is 0 Å². The number of aryl methyl sites for hydroxylation is 1. The largest absolute Gasteiger partial charge is 0.340 e. The molecule has 0 unspecified atom stereocenters. The monoisotopic (exact) mass is 347 g/mol. The number of carbonyl (C=O) groups excluding carboxylic acids is 1. The Bertz CT molecular complexity index is 871. The van der Waals surface area contributed by atoms with Gasteiger partial charge in [0, 0.05) is 31.5 Å². The average molecular weight is 347 g/mol. The van der Waals surface area contributed by atoms with Gasteiger partial charge in [-0.05, 0) is 37.1 Å². The minimum atomic E-state index is -3.72. The van der Waals surface area contributed by atoms with Crippen LogP contribution in [0.5, 0.6) is 0 Å². The first-order valence-corrected chi connectivity index (χ1v) is 9.48. The summed E-state index contributed by atoms with van der Waals surface area (Å²) in [4.78, 5) is 14.3. The van der Waals surface area contributed by atoms with E-state index >= 15 is 0 Å². The molecular weight excluding hydrogens is 326 g/mol. The number of nitrogens with one attached hydrogen (secondary N) is 1. The molecule has 0 saturated heterocycles. The molecule has 1 aliphatic rings. The third-order valence-electron chi connectivity index (χ3n) is 4.06. The lowest BCUT2D eigenvalue weighted by Gasteiger charge is -2.27. The minimum Gasteiger partial charge on any atom is -0.340 e. The Morgan fingerprint density at radius 3 is 2.71 bits per heavy atom. The second-order valence-electron chi connectivity index (χ2n) is 6.02. The predicted octanol–water partition coefficient (Wildman–Crippen LogP) is 2.46. The molecule has 1 aliphatic heterocycles. The highest BCUT2D eigenvalue weighted by Gasteiger charge is 2.27. The molecule has 2 aromatic rings. The van der Waals surface area contributed by atoms with Gasteiger partial charge in [-0.3, -0.25) is 9.52 Å². The van der Waals surface area contributed by atoms with Crippen LogP contribution < -0.4 is 4.72 Å². The van der Waals surface area contributed by atoms with Crippen LogP contribution in [0.15, 0.2) is 41.4 Å². The predicted molar refractivity (Wildman–Crippen MR) is 92.6 cm³/mol. The van der Waals surface area contributed by atoms with Gasteiger partial charge in [0.2, 0.25) is 0 Å². The molecule has 1 amide bonds. The summed E-state index contributed by atoms with van der Waals surface area (Å²) in [6.07, 6.45) is 2.42. The van der Waals surface area contributed by atoms with Crippen LogP contribution >= 0.6 is 0 Å². The van der Waals surface area contributed by atoms with E-state index in [-0.39, 0.29) is 10.8 Å². The maximum Gasteiger partial charge on any atom is 0.270 e. The van der Waals surface area contributed by atoms with E-state index in [2.05, 4.69) is 4.72 Å². The maximum absolute atomic E-state index is 12.6. The molecule has 6 nitrogen and oxygen atoms in total. The number of benzene rings is 1. The van der Waals surface area contributed by atoms with E-state index in [0.29, 0.717) is 31.0 Å². The van der Waals surface area contributed by atoms with E-state index in [1.54, 1.807) is 27.7 Å². The van der Waals surface area contributed by atoms with Gasteiger partial charge in [0.15, 0.2) is 0 Å². The number of nitrogens with zero attached hydrogens (tertiary/aromatic N) is 2. The molecular formula is C17H21N3O3S. The number of fused-ring (bicyclic) bond motifs is 1. The summed E-state index contributed by atoms with van der Waals surface area (Å²) >= 11 is 0. The SMILES string of the molecule is CCCN1CCn2cc(S(=O)(=O)Nc3cccc(C)c3)cc2C1=O. The lowest BCUT2D eigenvalue weighted by molar-refractivity contribution is 0.0705. The van der Waals surface area contributed by atoms with Gasteiger partial charge in [0.1, 0.15) is 10.6 Å². The smallest absolute Gasteiger partial charge is 0.270 e. The Labute approximate surface area is 142 Å². The number of carbonyl (C=O) groups is 1. The van der Waals surface area contributed by atoms with Crippen molar-refractivity contribution in [1.29, 1.82) is 0 Å². The Morgan fingerprint density at radius 2 is 2.00 bits per heavy atom. The van der Waals surface area contributed by atoms with Crippen LogP contribution in [0, 0.1) is 6.92 Å². The normalized spacial score (nSPS) is 14.6. The lowest BCUT2D eigenvalue weighted by Crippen LogP contribution is -2.40. The van der Waals surface area contributed by atoms with Gasteiger partial charge in [-0.1, -0.05) is 19.1 Å². The number of sulfonamides is 1. The van der Waals surface area contributed by atoms with E-state index in [0.717, 1.165) is 12.0 Å². The van der Waals surface area contributed by atoms with E-state index in [1.165, 1.54) is 12.3 Å². The van der Waals surface area contributed by atoms with Crippen molar-refractivity contribution in [2.24, 2.45) is 0 Å². The van der Waals surface area contributed by atoms with Crippen molar-refractivity contribution in [2.75, 3.05) is 17.8 Å². The molecule has 0 saturated carbocycles. The molecule has 1 aromatic heterocycles. The van der Waals surface area contributed by atoms with E-state index in [1.807, 2.05) is 19.9 Å². The topological polar surface area (TPSA) is 71.4 Å². The molecule has 128 valence electrons. The zero-order valence-corrected chi connectivity index (χ0v) is 14.6. The van der Waals surface area contributed by atoms with Crippen molar-refractivity contribution in [3.63, 3.8) is 0 Å². The number of hydrogen-bond donors (Lipinski definition) is 1. The summed E-state index contributed by atoms with van der Waals surface area (Å²) in [5, 5.41) is 0. The fraction of sp³-hybridized carbons (Fsp3) is 0.353. The Morgan fingerprint density at radius 1 is 1.21 bits per heavy atom. The zero-order chi connectivity index (χ0) is 17.3. The van der Waals surface area contributed by atoms with Crippen LogP contribution in [0.4, 0.5) is 5.69 Å². The first kappa shape index (κ1) is 16.6. The van der Waals surface area contributed by atoms with Gasteiger partial charge in [0.05, 0.1) is 0 Å². The van der Waals surface area contributed by atoms with E-state index in [9.17, 15) is 13.2 Å². The van der Waals surface area contributed by atoms with Crippen molar-refractivity contribution in [3.05, 3.63) is 47.8 Å². The summed E-state index contributed by atoms with van der Waals surface area (Å²) in [6.45, 7) is 5.83. The second-order valence-corrected chi connectivity index (χ2v) is 7.70. The lowest BCUT2D eigenvalue weighted by atomic mass is 10.2. The molecule has 7 heteroatoms. The summed E-state index contributed by atoms with van der Waals surface area (Å²) in [6, 6.07) is 8.62. The third kappa shape index (κ3) is 3.17. The number of amides is 1. The molecule has 24 heavy (non-hydrogen) atoms. The standard InChI is InChI=1S/C17H21N3O3S/c1-3-7-19-8-9-20-12-15(11-16(20)17(19)21)24(22,23)18-14-6-4-5-13(2)10-14/h4-6,10-12,18H,3,7-9H2,1-2H3. The van der Waals surface area contributed by atoms with Gasteiger partial charge < -0.3 is 9.47 Å². The molecule has 0 atom stereocenters. The van der Waals surface area contributed by atoms with Gasteiger partial charge >= 0.3 is 0 Å². The Balaban J connectivity index is 1.88. The highest BCUT2D eigenvalue weighted by Crippen LogP contribution is 2.22. The summed E-state index contributed by atoms with van der Waals surface area (Å²) in [7, 11) is -3.72. The molecule has 0 radical (unpaired) electrons. The first-order chi connectivity index (χ1) is 11.4. The zero-order valence-electron chi connectivity index (χ0n) is 13.8. The molecule has 2 heterocycles. The van der Waals surface area contributed by atoms with Gasteiger partial charge in [-0.15, -0.1) is 0 Å². The summed E-state index contributed by atoms with van der Waals surface area (Å²) < 4.78 is 29.5. The number of hydrogen-bond acceptors (Lipinski definition) is 3. The van der Waals surface area contributed by atoms with Crippen molar-refractivity contribution in [2.45, 2.75) is 31.7 Å². The van der Waals surface area contributed by atoms with Gasteiger partial charge in [-0.25, -0.2) is 8.42 Å². The van der Waals surface area contributed by atoms with Crippen LogP contribution in [0.3, 0.4) is 0 Å². The molecule has 0 aliphatic carbocycles. The number of rotatable bonds is 5. The molecule has 0 fully saturated rings. The van der Waals surface area contributed by atoms with Crippen LogP contribution in [-0.2, 0) is 16.6 Å². The highest BCUT2D eigenvalue weighted by atomic mass is 32.2. The molecule has 3 rings (SSSR count). The molecule has 0 spiro atoms. The van der Waals surface area contributed by atoms with Crippen LogP contribution in [0.1, 0.15) is 29.4 Å². The van der Waals surface area contributed by atoms with Crippen LogP contribution in [0.25, 0.3) is 0 Å². The van der Waals surface area contributed by atoms with Gasteiger partial charge in [0.25, 0.3) is 15.9 Å². The highest BCUT2D eigenvalue weighted by molar-refractivity contribution is 7.92. The Kier molecular flexibility index (Phi) is 4.36. The molecule has 0 bridgehead atoms. The summed E-state index contributed by atoms with van der Waals surface area (Å²) in [5.74, 6) is -0.111. The Hall–Kier alpha value is -2.28. The van der Waals surface area contributed by atoms with Crippen molar-refractivity contribution in [1.82, 2.24) is 9.47 Å². The first-order valence-electron chi connectivity index (χ1n) is 7.99. The summed E-state index contributed by atoms with van der Waals surface area (Å²) in [5.41, 5.74) is 1.91. The second kappa shape index (κ2) is 6.32. The fourth-order valence-electron chi connectivity index (χ4n) is 2.89. The van der Waals surface area contributed by atoms with Gasteiger partial charge in [-0.2, -0.15) is 0 Å². The van der Waals surface area contributed by atoms with Crippen LogP contribution in [-0.4, -0.2) is 36.9 Å². The van der Waals surface area contributed by atoms with Crippen molar-refractivity contribution < 1.29 is 13.2 Å². The van der Waals surface area contributed by atoms with Crippen molar-refractivity contribution >= 4 is 21.6 Å². The van der Waals surface area contributed by atoms with Crippen molar-refractivity contribution in [3.8, 4) is 0 Å². The van der Waals surface area contributed by atoms with E-state index in [4.69, 9.17) is 0 Å².